The van der Waals surface area contributed by atoms with E-state index >= 15 is 0 Å². The number of rotatable bonds is 8. The Labute approximate surface area is 400 Å². The van der Waals surface area contributed by atoms with E-state index in [1.54, 1.807) is 5.56 Å². The van der Waals surface area contributed by atoms with E-state index in [-0.39, 0.29) is 0 Å². The highest BCUT2D eigenvalue weighted by Gasteiger charge is 2.59. The fraction of sp³-hybridized carbons (Fsp3) is 0.182. The molecule has 0 amide bonds. The van der Waals surface area contributed by atoms with Crippen LogP contribution in [0.25, 0.3) is 49.7 Å². The van der Waals surface area contributed by atoms with Crippen molar-refractivity contribution < 1.29 is 0 Å². The standard InChI is InChI=1S/C66H54N2/c1-64-41-45-27-30-51(64)43-65(42-45,44-64)48-31-35-53(36-32-48)67(52-33-28-46(29-34-52)47-15-14-20-54(39-47)68-62-25-12-9-22-58(62)59-23-10-13-26-63(59)68)55-37-38-57-56-21-8-11-24-60(56)66(61(57)40-55,49-16-4-2-5-17-49)50-18-6-3-7-19-50/h2-26,28-29,31-40,45,51H,27,30,41-44H2,1H3/t45-,51?,64-,65?/m0/s1. The minimum atomic E-state index is -0.486. The van der Waals surface area contributed by atoms with E-state index in [9.17, 15) is 0 Å². The third-order valence-corrected chi connectivity index (χ3v) is 17.3. The van der Waals surface area contributed by atoms with Crippen LogP contribution in [-0.4, -0.2) is 4.57 Å². The van der Waals surface area contributed by atoms with Crippen LogP contribution in [0, 0.1) is 17.3 Å². The zero-order valence-electron chi connectivity index (χ0n) is 38.7. The van der Waals surface area contributed by atoms with E-state index < -0.39 is 5.41 Å². The Morgan fingerprint density at radius 2 is 1.04 bits per heavy atom. The van der Waals surface area contributed by atoms with Crippen molar-refractivity contribution in [3.63, 3.8) is 0 Å². The summed E-state index contributed by atoms with van der Waals surface area (Å²) in [7, 11) is 0. The first-order chi connectivity index (χ1) is 33.5. The van der Waals surface area contributed by atoms with Crippen molar-refractivity contribution in [1.82, 2.24) is 4.57 Å². The van der Waals surface area contributed by atoms with Crippen molar-refractivity contribution in [2.75, 3.05) is 4.90 Å². The molecule has 3 fully saturated rings. The summed E-state index contributed by atoms with van der Waals surface area (Å²) in [5.41, 5.74) is 19.2. The lowest BCUT2D eigenvalue weighted by molar-refractivity contribution is 0.0715. The summed E-state index contributed by atoms with van der Waals surface area (Å²) < 4.78 is 2.41. The Morgan fingerprint density at radius 1 is 0.441 bits per heavy atom. The monoisotopic (exact) mass is 874 g/mol. The quantitative estimate of drug-likeness (QED) is 0.148. The lowest BCUT2D eigenvalue weighted by Gasteiger charge is -2.46. The highest BCUT2D eigenvalue weighted by molar-refractivity contribution is 6.09. The third kappa shape index (κ3) is 5.83. The van der Waals surface area contributed by atoms with Crippen LogP contribution in [0.5, 0.6) is 0 Å². The molecule has 0 saturated heterocycles. The molecule has 0 spiro atoms. The van der Waals surface area contributed by atoms with E-state index in [4.69, 9.17) is 0 Å². The molecule has 4 atom stereocenters. The number of hydrogen-bond donors (Lipinski definition) is 0. The molecule has 68 heavy (non-hydrogen) atoms. The number of hydrogen-bond acceptors (Lipinski definition) is 1. The van der Waals surface area contributed by atoms with Gasteiger partial charge in [-0.1, -0.05) is 177 Å². The maximum atomic E-state index is 2.61. The summed E-state index contributed by atoms with van der Waals surface area (Å²) in [6, 6.07) is 84.4. The second-order valence-electron chi connectivity index (χ2n) is 21.0. The number of fused-ring (bicyclic) bond motifs is 8. The number of benzene rings is 9. The SMILES string of the molecule is C[C@@]12C[C@@H]3CCC1CC(c1ccc(N(c4ccc(-c5cccc(-n6c7ccccc7c7ccccc76)c5)cc4)c4ccc5c(c4)C(c4ccccc4)(c4ccccc4)c4ccccc4-5)cc1)(C3)C2. The molecule has 3 saturated carbocycles. The normalized spacial score (nSPS) is 21.8. The van der Waals surface area contributed by atoms with Crippen LogP contribution in [0.1, 0.15) is 73.3 Å². The Bertz CT molecular complexity index is 3460. The summed E-state index contributed by atoms with van der Waals surface area (Å²) in [4.78, 5) is 2.51. The molecule has 14 rings (SSSR count). The summed E-state index contributed by atoms with van der Waals surface area (Å²) in [6.07, 6.45) is 8.33. The van der Waals surface area contributed by atoms with Crippen LogP contribution >= 0.6 is 0 Å². The van der Waals surface area contributed by atoms with Gasteiger partial charge in [-0.05, 0) is 166 Å². The van der Waals surface area contributed by atoms with Crippen LogP contribution in [0.2, 0.25) is 0 Å². The van der Waals surface area contributed by atoms with Gasteiger partial charge in [0.1, 0.15) is 0 Å². The summed E-state index contributed by atoms with van der Waals surface area (Å²) >= 11 is 0. The van der Waals surface area contributed by atoms with Crippen molar-refractivity contribution in [3.05, 3.63) is 252 Å². The fourth-order valence-electron chi connectivity index (χ4n) is 14.6. The molecular formula is C66H54N2. The van der Waals surface area contributed by atoms with Gasteiger partial charge < -0.3 is 9.47 Å². The maximum absolute atomic E-state index is 2.61. The lowest BCUT2D eigenvalue weighted by atomic mass is 9.58. The first-order valence-electron chi connectivity index (χ1n) is 24.9. The number of anilines is 3. The molecule has 3 bridgehead atoms. The van der Waals surface area contributed by atoms with Gasteiger partial charge >= 0.3 is 0 Å². The van der Waals surface area contributed by atoms with E-state index in [2.05, 4.69) is 241 Å². The molecule has 0 aliphatic heterocycles. The molecule has 1 heterocycles. The topological polar surface area (TPSA) is 8.17 Å². The van der Waals surface area contributed by atoms with Crippen LogP contribution in [0.3, 0.4) is 0 Å². The number of aromatic nitrogens is 1. The van der Waals surface area contributed by atoms with Gasteiger partial charge in [-0.15, -0.1) is 0 Å². The molecule has 4 aliphatic rings. The molecule has 2 heteroatoms. The average molecular weight is 875 g/mol. The van der Waals surface area contributed by atoms with Gasteiger partial charge in [0.05, 0.1) is 16.4 Å². The molecule has 9 aromatic carbocycles. The number of nitrogens with zero attached hydrogens (tertiary/aromatic N) is 2. The highest BCUT2D eigenvalue weighted by atomic mass is 15.1. The van der Waals surface area contributed by atoms with Gasteiger partial charge in [0.25, 0.3) is 0 Å². The fourth-order valence-corrected chi connectivity index (χ4v) is 14.6. The molecule has 2 unspecified atom stereocenters. The van der Waals surface area contributed by atoms with E-state index in [0.717, 1.165) is 28.9 Å². The largest absolute Gasteiger partial charge is 0.310 e. The van der Waals surface area contributed by atoms with Gasteiger partial charge in [0, 0.05) is 33.5 Å². The zero-order valence-corrected chi connectivity index (χ0v) is 38.7. The van der Waals surface area contributed by atoms with E-state index in [0.29, 0.717) is 10.8 Å². The maximum Gasteiger partial charge on any atom is 0.0714 e. The molecule has 10 aromatic rings. The Balaban J connectivity index is 0.911. The smallest absolute Gasteiger partial charge is 0.0714 e. The molecule has 0 N–H and O–H groups in total. The molecule has 4 aliphatic carbocycles. The molecule has 2 nitrogen and oxygen atoms in total. The minimum Gasteiger partial charge on any atom is -0.310 e. The lowest BCUT2D eigenvalue weighted by Crippen LogP contribution is -2.37. The second kappa shape index (κ2) is 15.0. The summed E-state index contributed by atoms with van der Waals surface area (Å²) in [5, 5.41) is 2.55. The highest BCUT2D eigenvalue weighted by Crippen LogP contribution is 2.68. The van der Waals surface area contributed by atoms with Crippen molar-refractivity contribution in [2.24, 2.45) is 17.3 Å². The second-order valence-corrected chi connectivity index (χ2v) is 21.0. The van der Waals surface area contributed by atoms with Gasteiger partial charge in [0.15, 0.2) is 0 Å². The molecular weight excluding hydrogens is 821 g/mol. The van der Waals surface area contributed by atoms with Gasteiger partial charge in [0.2, 0.25) is 0 Å². The Morgan fingerprint density at radius 3 is 1.75 bits per heavy atom. The van der Waals surface area contributed by atoms with Crippen LogP contribution in [-0.2, 0) is 10.8 Å². The Kier molecular flexibility index (Phi) is 8.79. The first-order valence-corrected chi connectivity index (χ1v) is 24.9. The molecule has 328 valence electrons. The van der Waals surface area contributed by atoms with Crippen molar-refractivity contribution in [1.29, 1.82) is 0 Å². The zero-order chi connectivity index (χ0) is 45.0. The van der Waals surface area contributed by atoms with Gasteiger partial charge in [-0.3, -0.25) is 0 Å². The molecule has 1 aromatic heterocycles. The Hall–Kier alpha value is -7.42. The van der Waals surface area contributed by atoms with Crippen LogP contribution < -0.4 is 4.90 Å². The van der Waals surface area contributed by atoms with Crippen LogP contribution in [0.15, 0.2) is 224 Å². The predicted octanol–water partition coefficient (Wildman–Crippen LogP) is 17.1. The number of para-hydroxylation sites is 2. The summed E-state index contributed by atoms with van der Waals surface area (Å²) in [5.74, 6) is 1.73. The van der Waals surface area contributed by atoms with Crippen molar-refractivity contribution in [3.8, 4) is 27.9 Å². The van der Waals surface area contributed by atoms with E-state index in [1.165, 1.54) is 111 Å². The van der Waals surface area contributed by atoms with Crippen LogP contribution in [0.4, 0.5) is 17.1 Å². The molecule has 0 radical (unpaired) electrons. The van der Waals surface area contributed by atoms with Gasteiger partial charge in [-0.25, -0.2) is 0 Å². The van der Waals surface area contributed by atoms with Crippen molar-refractivity contribution >= 4 is 38.9 Å². The first kappa shape index (κ1) is 39.7. The minimum absolute atomic E-state index is 0.307. The average Bonchev–Trinajstić information content (AvgIpc) is 3.92. The third-order valence-electron chi connectivity index (χ3n) is 17.3. The van der Waals surface area contributed by atoms with E-state index in [1.807, 2.05) is 0 Å². The predicted molar refractivity (Wildman–Crippen MR) is 283 cm³/mol. The van der Waals surface area contributed by atoms with Gasteiger partial charge in [-0.2, -0.15) is 0 Å². The summed E-state index contributed by atoms with van der Waals surface area (Å²) in [6.45, 7) is 2.61. The van der Waals surface area contributed by atoms with Crippen molar-refractivity contribution in [2.45, 2.75) is 56.3 Å².